The first-order chi connectivity index (χ1) is 14.4. The summed E-state index contributed by atoms with van der Waals surface area (Å²) < 4.78 is 5.87. The molecule has 0 amide bonds. The van der Waals surface area contributed by atoms with Crippen LogP contribution in [0.4, 0.5) is 0 Å². The normalized spacial score (nSPS) is 14.5. The quantitative estimate of drug-likeness (QED) is 0.266. The summed E-state index contributed by atoms with van der Waals surface area (Å²) in [5, 5.41) is 21.5. The Labute approximate surface area is 197 Å². The topological polar surface area (TPSA) is 49.7 Å². The van der Waals surface area contributed by atoms with Crippen molar-refractivity contribution in [3.63, 3.8) is 0 Å². The molecular weight excluding hydrogens is 395 g/mol. The van der Waals surface area contributed by atoms with Gasteiger partial charge in [0.15, 0.2) is 0 Å². The van der Waals surface area contributed by atoms with Gasteiger partial charge in [0.05, 0.1) is 5.60 Å². The monoisotopic (exact) mass is 440 g/mol. The van der Waals surface area contributed by atoms with Crippen molar-refractivity contribution in [2.24, 2.45) is 16.7 Å². The van der Waals surface area contributed by atoms with Crippen molar-refractivity contribution in [3.05, 3.63) is 65.0 Å². The predicted octanol–water partition coefficient (Wildman–Crippen LogP) is 6.77. The molecule has 4 heteroatoms. The molecule has 0 aromatic heterocycles. The molecule has 2 N–H and O–H groups in total. The van der Waals surface area contributed by atoms with E-state index >= 15 is 0 Å². The second-order valence-electron chi connectivity index (χ2n) is 11.8. The molecular formula is C28H45BO3. The minimum Gasteiger partial charge on any atom is -0.508 e. The van der Waals surface area contributed by atoms with Crippen LogP contribution in [0.1, 0.15) is 81.7 Å². The Morgan fingerprint density at radius 1 is 1.00 bits per heavy atom. The zero-order chi connectivity index (χ0) is 25.1. The Bertz CT molecular complexity index is 844. The molecule has 0 atom stereocenters. The van der Waals surface area contributed by atoms with E-state index in [-0.39, 0.29) is 16.7 Å². The summed E-state index contributed by atoms with van der Waals surface area (Å²) in [5.74, 6) is 0.644. The van der Waals surface area contributed by atoms with E-state index in [2.05, 4.69) is 62.0 Å². The van der Waals surface area contributed by atoms with E-state index in [1.54, 1.807) is 0 Å². The lowest BCUT2D eigenvalue weighted by Crippen LogP contribution is -2.44. The number of aliphatic hydroxyl groups is 1. The van der Waals surface area contributed by atoms with Gasteiger partial charge in [-0.05, 0) is 66.1 Å². The van der Waals surface area contributed by atoms with Crippen molar-refractivity contribution in [1.82, 2.24) is 0 Å². The van der Waals surface area contributed by atoms with Crippen molar-refractivity contribution < 1.29 is 14.8 Å². The Morgan fingerprint density at radius 2 is 1.50 bits per heavy atom. The third-order valence-corrected chi connectivity index (χ3v) is 6.39. The van der Waals surface area contributed by atoms with Crippen LogP contribution in [0.5, 0.6) is 0 Å². The largest absolute Gasteiger partial charge is 0.508 e. The van der Waals surface area contributed by atoms with Crippen molar-refractivity contribution in [2.75, 3.05) is 0 Å². The van der Waals surface area contributed by atoms with Gasteiger partial charge in [0, 0.05) is 0 Å². The molecule has 0 fully saturated rings. The van der Waals surface area contributed by atoms with E-state index in [0.29, 0.717) is 12.2 Å². The third kappa shape index (κ3) is 7.97. The molecule has 3 nitrogen and oxygen atoms in total. The van der Waals surface area contributed by atoms with Crippen LogP contribution in [-0.4, -0.2) is 22.8 Å². The minimum absolute atomic E-state index is 0.112. The maximum absolute atomic E-state index is 11.0. The molecule has 0 radical (unpaired) electrons. The molecule has 178 valence electrons. The van der Waals surface area contributed by atoms with Crippen molar-refractivity contribution >= 4 is 12.6 Å². The Hall–Kier alpha value is -1.78. The molecule has 1 rings (SSSR count). The van der Waals surface area contributed by atoms with Gasteiger partial charge in [-0.2, -0.15) is 0 Å². The van der Waals surface area contributed by atoms with Crippen LogP contribution in [0, 0.1) is 16.7 Å². The summed E-state index contributed by atoms with van der Waals surface area (Å²) in [6.45, 7) is 27.0. The van der Waals surface area contributed by atoms with Gasteiger partial charge in [-0.15, -0.1) is 0 Å². The van der Waals surface area contributed by atoms with Gasteiger partial charge in [0.2, 0.25) is 0 Å². The molecule has 0 saturated carbocycles. The first-order valence-electron chi connectivity index (χ1n) is 11.6. The van der Waals surface area contributed by atoms with E-state index < -0.39 is 12.7 Å². The molecule has 0 aliphatic heterocycles. The highest BCUT2D eigenvalue weighted by Crippen LogP contribution is 2.37. The first kappa shape index (κ1) is 28.3. The number of allylic oxidation sites excluding steroid dienone is 4. The smallest absolute Gasteiger partial charge is 0.491 e. The molecule has 0 saturated heterocycles. The van der Waals surface area contributed by atoms with Crippen LogP contribution >= 0.6 is 0 Å². The maximum atomic E-state index is 11.0. The van der Waals surface area contributed by atoms with Gasteiger partial charge in [0.25, 0.3) is 0 Å². The van der Waals surface area contributed by atoms with Gasteiger partial charge in [-0.25, -0.2) is 0 Å². The molecule has 0 heterocycles. The molecule has 0 bridgehead atoms. The zero-order valence-electron chi connectivity index (χ0n) is 22.3. The summed E-state index contributed by atoms with van der Waals surface area (Å²) in [5.41, 5.74) is 3.87. The highest BCUT2D eigenvalue weighted by atomic mass is 16.5. The summed E-state index contributed by atoms with van der Waals surface area (Å²) >= 11 is 0. The van der Waals surface area contributed by atoms with Crippen molar-refractivity contribution in [2.45, 2.75) is 88.2 Å². The molecule has 0 aliphatic carbocycles. The average Bonchev–Trinajstić information content (AvgIpc) is 2.63. The van der Waals surface area contributed by atoms with E-state index in [1.807, 2.05) is 51.1 Å². The van der Waals surface area contributed by atoms with Gasteiger partial charge in [-0.3, -0.25) is 0 Å². The molecule has 0 aliphatic rings. The average molecular weight is 440 g/mol. The summed E-state index contributed by atoms with van der Waals surface area (Å²) in [7, 11) is -0.959. The SMILES string of the molecule is C=C(/C=C(\C(O)=C(/C)C(C)(C)C)C(C)(C)C)Cc1ccc(B(O)OC(C)(C)C(C)C)cc1. The number of hydrogen-bond donors (Lipinski definition) is 2. The lowest BCUT2D eigenvalue weighted by Gasteiger charge is -2.31. The lowest BCUT2D eigenvalue weighted by molar-refractivity contribution is 0.0423. The zero-order valence-corrected chi connectivity index (χ0v) is 22.3. The fourth-order valence-corrected chi connectivity index (χ4v) is 3.01. The molecule has 32 heavy (non-hydrogen) atoms. The van der Waals surface area contributed by atoms with Gasteiger partial charge in [-0.1, -0.05) is 97.9 Å². The first-order valence-corrected chi connectivity index (χ1v) is 11.6. The third-order valence-electron chi connectivity index (χ3n) is 6.39. The summed E-state index contributed by atoms with van der Waals surface area (Å²) in [6, 6.07) is 7.80. The van der Waals surface area contributed by atoms with Crippen LogP contribution < -0.4 is 5.46 Å². The molecule has 0 unspecified atom stereocenters. The maximum Gasteiger partial charge on any atom is 0.491 e. The second-order valence-corrected chi connectivity index (χ2v) is 11.8. The van der Waals surface area contributed by atoms with E-state index in [9.17, 15) is 10.1 Å². The molecule has 1 aromatic rings. The van der Waals surface area contributed by atoms with Gasteiger partial charge in [0.1, 0.15) is 5.76 Å². The Balaban J connectivity index is 3.07. The van der Waals surface area contributed by atoms with Crippen LogP contribution in [0.15, 0.2) is 59.4 Å². The fourth-order valence-electron chi connectivity index (χ4n) is 3.01. The standard InChI is InChI=1S/C28H45BO3/c1-19(2)28(11,12)32-29(31)23-15-13-22(14-16-23)17-20(3)18-24(27(8,9)10)25(30)21(4)26(5,6)7/h13-16,18-19,30-31H,3,17H2,1-2,4-12H3/b24-18+,25-21-. The van der Waals surface area contributed by atoms with Gasteiger partial charge >= 0.3 is 7.12 Å². The number of hydrogen-bond acceptors (Lipinski definition) is 3. The van der Waals surface area contributed by atoms with Crippen molar-refractivity contribution in [3.8, 4) is 0 Å². The van der Waals surface area contributed by atoms with Crippen LogP contribution in [-0.2, 0) is 11.1 Å². The molecule has 0 spiro atoms. The van der Waals surface area contributed by atoms with Crippen LogP contribution in [0.25, 0.3) is 0 Å². The van der Waals surface area contributed by atoms with E-state index in [4.69, 9.17) is 4.65 Å². The number of aliphatic hydroxyl groups excluding tert-OH is 1. The Morgan fingerprint density at radius 3 is 1.91 bits per heavy atom. The highest BCUT2D eigenvalue weighted by molar-refractivity contribution is 6.60. The van der Waals surface area contributed by atoms with Crippen molar-refractivity contribution in [1.29, 1.82) is 0 Å². The Kier molecular flexibility index (Phi) is 9.22. The summed E-state index contributed by atoms with van der Waals surface area (Å²) in [6.07, 6.45) is 2.68. The van der Waals surface area contributed by atoms with Crippen LogP contribution in [0.3, 0.4) is 0 Å². The van der Waals surface area contributed by atoms with Crippen LogP contribution in [0.2, 0.25) is 0 Å². The highest BCUT2D eigenvalue weighted by Gasteiger charge is 2.30. The molecule has 1 aromatic carbocycles. The second kappa shape index (κ2) is 10.4. The van der Waals surface area contributed by atoms with Gasteiger partial charge < -0.3 is 14.8 Å². The number of benzene rings is 1. The van der Waals surface area contributed by atoms with E-state index in [0.717, 1.165) is 27.7 Å². The summed E-state index contributed by atoms with van der Waals surface area (Å²) in [4.78, 5) is 0. The minimum atomic E-state index is -0.959. The van der Waals surface area contributed by atoms with E-state index in [1.165, 1.54) is 0 Å². The fraction of sp³-hybridized carbons (Fsp3) is 0.571. The lowest BCUT2D eigenvalue weighted by atomic mass is 9.76. The predicted molar refractivity (Wildman–Crippen MR) is 139 cm³/mol. The number of rotatable bonds is 8.